The molecule has 0 radical (unpaired) electrons. The Morgan fingerprint density at radius 1 is 0.921 bits per heavy atom. The van der Waals surface area contributed by atoms with Crippen LogP contribution < -0.4 is 5.84 Å². The van der Waals surface area contributed by atoms with Crippen LogP contribution in [0.1, 0.15) is 27.7 Å². The number of nitrogens with two attached hydrogens (primary N) is 1. The maximum absolute atomic E-state index is 12.0. The van der Waals surface area contributed by atoms with Crippen molar-refractivity contribution in [3.8, 4) is 11.4 Å². The molecule has 3 rings (SSSR count). The quantitative estimate of drug-likeness (QED) is 0.200. The molecule has 5 atom stereocenters. The Labute approximate surface area is 227 Å². The van der Waals surface area contributed by atoms with Crippen LogP contribution in [0.15, 0.2) is 34.3 Å². The fourth-order valence-electron chi connectivity index (χ4n) is 3.76. The molecule has 0 spiro atoms. The lowest BCUT2D eigenvalue weighted by molar-refractivity contribution is -0.237. The normalized spacial score (nSPS) is 22.8. The molecule has 1 aromatic heterocycles. The number of hydrogen-bond donors (Lipinski definition) is 1. The number of carbonyl (C=O) groups is 4. The van der Waals surface area contributed by atoms with Crippen molar-refractivity contribution in [2.45, 2.75) is 67.6 Å². The van der Waals surface area contributed by atoms with Gasteiger partial charge in [-0.1, -0.05) is 12.1 Å². The minimum absolute atomic E-state index is 0.191. The lowest BCUT2D eigenvalue weighted by Crippen LogP contribution is -2.61. The summed E-state index contributed by atoms with van der Waals surface area (Å²) in [5.41, 5.74) is -0.325. The van der Waals surface area contributed by atoms with Crippen LogP contribution in [0, 0.1) is 0 Å². The molecule has 1 saturated heterocycles. The van der Waals surface area contributed by atoms with Crippen LogP contribution in [0.2, 0.25) is 0 Å². The van der Waals surface area contributed by atoms with E-state index in [1.54, 1.807) is 0 Å². The number of hydrogen-bond acceptors (Lipinski definition) is 14. The Balaban J connectivity index is 2.01. The summed E-state index contributed by atoms with van der Waals surface area (Å²) in [4.78, 5) is 48.3. The standard InChI is InChI=1S/C23H28N4O9S2/c1-11(28)32-10-16-18(33-12(2)29)19(34-13(3)30)20(35-14(4)31)22(36-16)38-23-26-25-21(27(23)24)15-8-6-7-9-17(15)37-5/h6-9,16,18-20,22H,10,24H2,1-5H3/t16-,18+,19+,20-,22+/m1/s1. The summed E-state index contributed by atoms with van der Waals surface area (Å²) < 4.78 is 28.8. The summed E-state index contributed by atoms with van der Waals surface area (Å²) in [6, 6.07) is 7.50. The lowest BCUT2D eigenvalue weighted by Gasteiger charge is -2.43. The highest BCUT2D eigenvalue weighted by molar-refractivity contribution is 7.99. The molecule has 1 aliphatic heterocycles. The molecule has 2 aromatic rings. The first-order valence-corrected chi connectivity index (χ1v) is 13.4. The van der Waals surface area contributed by atoms with E-state index in [4.69, 9.17) is 29.5 Å². The molecule has 0 amide bonds. The largest absolute Gasteiger partial charge is 0.463 e. The fourth-order valence-corrected chi connectivity index (χ4v) is 5.39. The van der Waals surface area contributed by atoms with Crippen LogP contribution in [-0.2, 0) is 42.9 Å². The van der Waals surface area contributed by atoms with Gasteiger partial charge in [0.25, 0.3) is 0 Å². The molecule has 0 bridgehead atoms. The molecule has 0 saturated carbocycles. The van der Waals surface area contributed by atoms with Crippen molar-refractivity contribution in [1.29, 1.82) is 0 Å². The highest BCUT2D eigenvalue weighted by atomic mass is 32.2. The number of rotatable bonds is 9. The second kappa shape index (κ2) is 13.0. The first-order chi connectivity index (χ1) is 18.0. The van der Waals surface area contributed by atoms with Gasteiger partial charge < -0.3 is 29.5 Å². The third-order valence-corrected chi connectivity index (χ3v) is 7.08. The number of aromatic nitrogens is 3. The Bertz CT molecular complexity index is 1190. The third-order valence-electron chi connectivity index (χ3n) is 5.18. The van der Waals surface area contributed by atoms with Gasteiger partial charge in [-0.25, -0.2) is 4.68 Å². The van der Waals surface area contributed by atoms with Crippen molar-refractivity contribution in [3.05, 3.63) is 24.3 Å². The SMILES string of the molecule is CSc1ccccc1-c1nnc(S[C@@H]2O[C@H](COC(C)=O)[C@H](OC(C)=O)[C@H](OC(C)=O)[C@H]2OC(C)=O)n1N. The van der Waals surface area contributed by atoms with Gasteiger partial charge in [-0.3, -0.25) is 19.2 Å². The number of nitrogens with zero attached hydrogens (tertiary/aromatic N) is 3. The molecule has 13 nitrogen and oxygen atoms in total. The van der Waals surface area contributed by atoms with Gasteiger partial charge >= 0.3 is 23.9 Å². The van der Waals surface area contributed by atoms with E-state index in [1.807, 2.05) is 30.5 Å². The van der Waals surface area contributed by atoms with Gasteiger partial charge in [0, 0.05) is 38.2 Å². The van der Waals surface area contributed by atoms with E-state index in [9.17, 15) is 19.2 Å². The van der Waals surface area contributed by atoms with E-state index in [-0.39, 0.29) is 11.8 Å². The van der Waals surface area contributed by atoms with E-state index >= 15 is 0 Å². The number of carbonyl (C=O) groups excluding carboxylic acids is 4. The molecule has 15 heteroatoms. The van der Waals surface area contributed by atoms with Gasteiger partial charge in [-0.15, -0.1) is 22.0 Å². The molecule has 0 unspecified atom stereocenters. The van der Waals surface area contributed by atoms with Crippen LogP contribution >= 0.6 is 23.5 Å². The number of benzene rings is 1. The van der Waals surface area contributed by atoms with Crippen LogP contribution in [0.5, 0.6) is 0 Å². The highest BCUT2D eigenvalue weighted by Gasteiger charge is 2.53. The van der Waals surface area contributed by atoms with Gasteiger partial charge in [0.2, 0.25) is 5.16 Å². The van der Waals surface area contributed by atoms with Crippen LogP contribution in [0.3, 0.4) is 0 Å². The molecule has 0 aliphatic carbocycles. The Morgan fingerprint density at radius 2 is 1.53 bits per heavy atom. The molecule has 206 valence electrons. The van der Waals surface area contributed by atoms with Gasteiger partial charge in [0.15, 0.2) is 29.6 Å². The first-order valence-electron chi connectivity index (χ1n) is 11.3. The number of nitrogen functional groups attached to an aromatic ring is 1. The Morgan fingerprint density at radius 3 is 2.13 bits per heavy atom. The van der Waals surface area contributed by atoms with Gasteiger partial charge in [-0.2, -0.15) is 0 Å². The predicted octanol–water partition coefficient (Wildman–Crippen LogP) is 1.56. The molecule has 2 heterocycles. The molecule has 2 N–H and O–H groups in total. The van der Waals surface area contributed by atoms with E-state index in [0.29, 0.717) is 5.82 Å². The number of thioether (sulfide) groups is 2. The number of ether oxygens (including phenoxy) is 5. The molecular formula is C23H28N4O9S2. The zero-order valence-electron chi connectivity index (χ0n) is 21.3. The average Bonchev–Trinajstić information content (AvgIpc) is 3.20. The Kier molecular flexibility index (Phi) is 9.99. The van der Waals surface area contributed by atoms with Crippen LogP contribution in [0.4, 0.5) is 0 Å². The molecule has 1 aromatic carbocycles. The van der Waals surface area contributed by atoms with E-state index < -0.39 is 53.7 Å². The van der Waals surface area contributed by atoms with Crippen molar-refractivity contribution < 1.29 is 42.9 Å². The van der Waals surface area contributed by atoms with Gasteiger partial charge in [-0.05, 0) is 30.2 Å². The predicted molar refractivity (Wildman–Crippen MR) is 135 cm³/mol. The summed E-state index contributed by atoms with van der Waals surface area (Å²) in [7, 11) is 0. The average molecular weight is 569 g/mol. The smallest absolute Gasteiger partial charge is 0.303 e. The summed E-state index contributed by atoms with van der Waals surface area (Å²) >= 11 is 2.46. The molecule has 1 aliphatic rings. The van der Waals surface area contributed by atoms with Crippen molar-refractivity contribution in [3.63, 3.8) is 0 Å². The minimum atomic E-state index is -1.29. The first kappa shape index (κ1) is 29.3. The van der Waals surface area contributed by atoms with Crippen molar-refractivity contribution >= 4 is 47.4 Å². The summed E-state index contributed by atoms with van der Waals surface area (Å²) in [5.74, 6) is 3.97. The molecule has 38 heavy (non-hydrogen) atoms. The summed E-state index contributed by atoms with van der Waals surface area (Å²) in [5, 5.41) is 8.57. The maximum atomic E-state index is 12.0. The fraction of sp³-hybridized carbons (Fsp3) is 0.478. The summed E-state index contributed by atoms with van der Waals surface area (Å²) in [6.45, 7) is 4.34. The lowest BCUT2D eigenvalue weighted by atomic mass is 9.99. The highest BCUT2D eigenvalue weighted by Crippen LogP contribution is 2.38. The van der Waals surface area contributed by atoms with E-state index in [2.05, 4.69) is 10.2 Å². The van der Waals surface area contributed by atoms with E-state index in [0.717, 1.165) is 36.1 Å². The third kappa shape index (κ3) is 7.17. The number of esters is 4. The maximum Gasteiger partial charge on any atom is 0.303 e. The summed E-state index contributed by atoms with van der Waals surface area (Å²) in [6.07, 6.45) is -2.96. The zero-order chi connectivity index (χ0) is 28.0. The Hall–Kier alpha value is -3.30. The molecular weight excluding hydrogens is 540 g/mol. The van der Waals surface area contributed by atoms with Gasteiger partial charge in [0.1, 0.15) is 12.7 Å². The van der Waals surface area contributed by atoms with E-state index in [1.165, 1.54) is 30.3 Å². The second-order valence-corrected chi connectivity index (χ2v) is 9.98. The monoisotopic (exact) mass is 568 g/mol. The zero-order valence-corrected chi connectivity index (χ0v) is 22.9. The van der Waals surface area contributed by atoms with Crippen molar-refractivity contribution in [2.24, 2.45) is 0 Å². The van der Waals surface area contributed by atoms with Crippen LogP contribution in [0.25, 0.3) is 11.4 Å². The van der Waals surface area contributed by atoms with Gasteiger partial charge in [0.05, 0.1) is 0 Å². The topological polar surface area (TPSA) is 171 Å². The minimum Gasteiger partial charge on any atom is -0.463 e. The molecule has 1 fully saturated rings. The van der Waals surface area contributed by atoms with Crippen LogP contribution in [-0.4, -0.2) is 81.5 Å². The van der Waals surface area contributed by atoms with Crippen molar-refractivity contribution in [2.75, 3.05) is 18.7 Å². The second-order valence-electron chi connectivity index (χ2n) is 8.06. The van der Waals surface area contributed by atoms with Crippen molar-refractivity contribution in [1.82, 2.24) is 14.9 Å².